The molecule has 2 unspecified atom stereocenters. The van der Waals surface area contributed by atoms with Crippen molar-refractivity contribution >= 4 is 23.2 Å². The lowest BCUT2D eigenvalue weighted by molar-refractivity contribution is -0.0180. The van der Waals surface area contributed by atoms with E-state index in [9.17, 15) is 5.11 Å². The highest BCUT2D eigenvalue weighted by molar-refractivity contribution is 6.36. The summed E-state index contributed by atoms with van der Waals surface area (Å²) in [6.07, 6.45) is 1.60. The quantitative estimate of drug-likeness (QED) is 0.843. The van der Waals surface area contributed by atoms with Crippen LogP contribution in [0.4, 0.5) is 0 Å². The molecule has 17 heavy (non-hydrogen) atoms. The Morgan fingerprint density at radius 1 is 1.29 bits per heavy atom. The molecule has 0 saturated heterocycles. The first kappa shape index (κ1) is 14.8. The molecule has 0 fully saturated rings. The maximum Gasteiger partial charge on any atom is 0.111 e. The SMILES string of the molecule is CCCCC(O)C(OC)c1c(Cl)cccc1Cl. The van der Waals surface area contributed by atoms with E-state index in [1.807, 2.05) is 0 Å². The molecule has 2 nitrogen and oxygen atoms in total. The summed E-state index contributed by atoms with van der Waals surface area (Å²) < 4.78 is 5.34. The minimum Gasteiger partial charge on any atom is -0.390 e. The summed E-state index contributed by atoms with van der Waals surface area (Å²) in [6, 6.07) is 5.28. The molecule has 96 valence electrons. The minimum absolute atomic E-state index is 0.470. The van der Waals surface area contributed by atoms with Gasteiger partial charge < -0.3 is 9.84 Å². The number of halogens is 2. The first-order chi connectivity index (χ1) is 8.11. The summed E-state index contributed by atoms with van der Waals surface area (Å²) >= 11 is 12.2. The number of methoxy groups -OCH3 is 1. The summed E-state index contributed by atoms with van der Waals surface area (Å²) in [5, 5.41) is 11.2. The van der Waals surface area contributed by atoms with Gasteiger partial charge in [0.05, 0.1) is 6.10 Å². The topological polar surface area (TPSA) is 29.5 Å². The van der Waals surface area contributed by atoms with Crippen LogP contribution in [0.2, 0.25) is 10.0 Å². The molecule has 0 radical (unpaired) electrons. The average Bonchev–Trinajstić information content (AvgIpc) is 2.31. The lowest BCUT2D eigenvalue weighted by Gasteiger charge is -2.23. The van der Waals surface area contributed by atoms with Gasteiger partial charge in [0.1, 0.15) is 6.10 Å². The fraction of sp³-hybridized carbons (Fsp3) is 0.538. The van der Waals surface area contributed by atoms with Gasteiger partial charge in [-0.05, 0) is 18.6 Å². The van der Waals surface area contributed by atoms with Crippen molar-refractivity contribution < 1.29 is 9.84 Å². The second-order valence-electron chi connectivity index (χ2n) is 4.00. The number of ether oxygens (including phenoxy) is 1. The van der Waals surface area contributed by atoms with Gasteiger partial charge in [-0.3, -0.25) is 0 Å². The zero-order valence-electron chi connectivity index (χ0n) is 10.1. The first-order valence-electron chi connectivity index (χ1n) is 5.76. The maximum atomic E-state index is 10.1. The van der Waals surface area contributed by atoms with Crippen molar-refractivity contribution in [2.24, 2.45) is 0 Å². The Kier molecular flexibility index (Phi) is 6.28. The van der Waals surface area contributed by atoms with Crippen LogP contribution in [0.15, 0.2) is 18.2 Å². The monoisotopic (exact) mass is 276 g/mol. The number of hydrogen-bond donors (Lipinski definition) is 1. The van der Waals surface area contributed by atoms with E-state index in [2.05, 4.69) is 6.92 Å². The highest BCUT2D eigenvalue weighted by Gasteiger charge is 2.24. The van der Waals surface area contributed by atoms with Crippen LogP contribution in [-0.4, -0.2) is 18.3 Å². The largest absolute Gasteiger partial charge is 0.390 e. The fourth-order valence-electron chi connectivity index (χ4n) is 1.81. The zero-order valence-corrected chi connectivity index (χ0v) is 11.6. The number of benzene rings is 1. The van der Waals surface area contributed by atoms with Crippen molar-refractivity contribution in [3.05, 3.63) is 33.8 Å². The minimum atomic E-state index is -0.586. The summed E-state index contributed by atoms with van der Waals surface area (Å²) in [5.41, 5.74) is 0.668. The third-order valence-electron chi connectivity index (χ3n) is 2.74. The van der Waals surface area contributed by atoms with Crippen molar-refractivity contribution in [1.29, 1.82) is 0 Å². The molecule has 0 aliphatic carbocycles. The Morgan fingerprint density at radius 3 is 2.35 bits per heavy atom. The molecule has 0 aromatic heterocycles. The highest BCUT2D eigenvalue weighted by atomic mass is 35.5. The van der Waals surface area contributed by atoms with Gasteiger partial charge in [-0.25, -0.2) is 0 Å². The third kappa shape index (κ3) is 3.85. The molecule has 0 heterocycles. The van der Waals surface area contributed by atoms with E-state index in [-0.39, 0.29) is 0 Å². The van der Waals surface area contributed by atoms with Crippen molar-refractivity contribution in [3.63, 3.8) is 0 Å². The van der Waals surface area contributed by atoms with E-state index in [1.54, 1.807) is 25.3 Å². The Labute approximate surface area is 113 Å². The van der Waals surface area contributed by atoms with E-state index in [0.717, 1.165) is 12.8 Å². The van der Waals surface area contributed by atoms with Gasteiger partial charge >= 0.3 is 0 Å². The lowest BCUT2D eigenvalue weighted by atomic mass is 10.00. The summed E-state index contributed by atoms with van der Waals surface area (Å²) in [4.78, 5) is 0. The Morgan fingerprint density at radius 2 is 1.88 bits per heavy atom. The van der Waals surface area contributed by atoms with Crippen LogP contribution < -0.4 is 0 Å². The highest BCUT2D eigenvalue weighted by Crippen LogP contribution is 2.35. The molecular formula is C13H18Cl2O2. The van der Waals surface area contributed by atoms with Crippen molar-refractivity contribution in [2.45, 2.75) is 38.4 Å². The van der Waals surface area contributed by atoms with E-state index in [4.69, 9.17) is 27.9 Å². The molecule has 0 bridgehead atoms. The maximum absolute atomic E-state index is 10.1. The Bertz CT molecular complexity index is 335. The van der Waals surface area contributed by atoms with Crippen molar-refractivity contribution in [1.82, 2.24) is 0 Å². The first-order valence-corrected chi connectivity index (χ1v) is 6.52. The molecule has 1 N–H and O–H groups in total. The third-order valence-corrected chi connectivity index (χ3v) is 3.40. The lowest BCUT2D eigenvalue weighted by Crippen LogP contribution is -2.21. The van der Waals surface area contributed by atoms with Crippen LogP contribution in [0, 0.1) is 0 Å². The molecule has 4 heteroatoms. The number of hydrogen-bond acceptors (Lipinski definition) is 2. The average molecular weight is 277 g/mol. The van der Waals surface area contributed by atoms with Crippen LogP contribution in [0.5, 0.6) is 0 Å². The molecule has 1 aromatic rings. The standard InChI is InChI=1S/C13H18Cl2O2/c1-3-4-8-11(16)13(17-2)12-9(14)6-5-7-10(12)15/h5-7,11,13,16H,3-4,8H2,1-2H3. The van der Waals surface area contributed by atoms with Crippen LogP contribution in [-0.2, 0) is 4.74 Å². The molecule has 0 saturated carbocycles. The molecule has 0 spiro atoms. The second-order valence-corrected chi connectivity index (χ2v) is 4.82. The zero-order chi connectivity index (χ0) is 12.8. The summed E-state index contributed by atoms with van der Waals surface area (Å²) in [6.45, 7) is 2.08. The number of unbranched alkanes of at least 4 members (excludes halogenated alkanes) is 1. The van der Waals surface area contributed by atoms with E-state index < -0.39 is 12.2 Å². The van der Waals surface area contributed by atoms with Crippen molar-refractivity contribution in [2.75, 3.05) is 7.11 Å². The van der Waals surface area contributed by atoms with Gasteiger partial charge in [-0.15, -0.1) is 0 Å². The summed E-state index contributed by atoms with van der Waals surface area (Å²) in [5.74, 6) is 0. The van der Waals surface area contributed by atoms with Crippen LogP contribution in [0.3, 0.4) is 0 Å². The van der Waals surface area contributed by atoms with Gasteiger partial charge in [0, 0.05) is 22.7 Å². The molecule has 0 amide bonds. The van der Waals surface area contributed by atoms with Gasteiger partial charge in [0.15, 0.2) is 0 Å². The van der Waals surface area contributed by atoms with Crippen molar-refractivity contribution in [3.8, 4) is 0 Å². The Hall–Kier alpha value is -0.280. The normalized spacial score (nSPS) is 14.6. The molecule has 1 rings (SSSR count). The van der Waals surface area contributed by atoms with Gasteiger partial charge in [-0.1, -0.05) is 49.0 Å². The predicted molar refractivity (Wildman–Crippen MR) is 71.7 cm³/mol. The number of aliphatic hydroxyl groups is 1. The molecule has 0 aliphatic heterocycles. The molecule has 2 atom stereocenters. The smallest absolute Gasteiger partial charge is 0.111 e. The van der Waals surface area contributed by atoms with E-state index >= 15 is 0 Å². The van der Waals surface area contributed by atoms with E-state index in [0.29, 0.717) is 22.0 Å². The molecule has 0 aliphatic rings. The van der Waals surface area contributed by atoms with Crippen LogP contribution in [0.1, 0.15) is 37.9 Å². The molecular weight excluding hydrogens is 259 g/mol. The second kappa shape index (κ2) is 7.22. The molecule has 1 aromatic carbocycles. The number of rotatable bonds is 6. The summed E-state index contributed by atoms with van der Waals surface area (Å²) in [7, 11) is 1.56. The van der Waals surface area contributed by atoms with Crippen LogP contribution in [0.25, 0.3) is 0 Å². The number of aliphatic hydroxyl groups excluding tert-OH is 1. The van der Waals surface area contributed by atoms with Crippen LogP contribution >= 0.6 is 23.2 Å². The van der Waals surface area contributed by atoms with Gasteiger partial charge in [-0.2, -0.15) is 0 Å². The van der Waals surface area contributed by atoms with E-state index in [1.165, 1.54) is 0 Å². The van der Waals surface area contributed by atoms with Gasteiger partial charge in [0.25, 0.3) is 0 Å². The van der Waals surface area contributed by atoms with Gasteiger partial charge in [0.2, 0.25) is 0 Å². The Balaban J connectivity index is 2.93. The fourth-order valence-corrected chi connectivity index (χ4v) is 2.43. The predicted octanol–water partition coefficient (Wildman–Crippen LogP) is 4.23.